The van der Waals surface area contributed by atoms with Gasteiger partial charge in [-0.2, -0.15) is 0 Å². The van der Waals surface area contributed by atoms with Crippen LogP contribution in [0, 0.1) is 5.92 Å². The minimum absolute atomic E-state index is 0.106. The van der Waals surface area contributed by atoms with Gasteiger partial charge in [0.15, 0.2) is 0 Å². The van der Waals surface area contributed by atoms with E-state index in [2.05, 4.69) is 0 Å². The minimum atomic E-state index is 0.106. The van der Waals surface area contributed by atoms with E-state index in [-0.39, 0.29) is 3.91 Å². The van der Waals surface area contributed by atoms with E-state index in [9.17, 15) is 4.79 Å². The second-order valence-electron chi connectivity index (χ2n) is 2.86. The number of halogens is 1. The number of carbonyl (C=O) groups excluding carboxylic acids is 1. The van der Waals surface area contributed by atoms with Gasteiger partial charge in [-0.25, -0.2) is 0 Å². The summed E-state index contributed by atoms with van der Waals surface area (Å²) in [5.41, 5.74) is 0. The van der Waals surface area contributed by atoms with E-state index in [1.165, 1.54) is 0 Å². The largest absolute Gasteiger partial charge is 0.381 e. The molecule has 1 amide bonds. The highest BCUT2D eigenvalue weighted by molar-refractivity contribution is 14.1. The lowest BCUT2D eigenvalue weighted by atomic mass is 10.1. The molecule has 0 saturated carbocycles. The summed E-state index contributed by atoms with van der Waals surface area (Å²) in [7, 11) is 1.83. The van der Waals surface area contributed by atoms with Crippen molar-refractivity contribution < 1.29 is 9.53 Å². The molecule has 0 bridgehead atoms. The van der Waals surface area contributed by atoms with E-state index < -0.39 is 0 Å². The van der Waals surface area contributed by atoms with Crippen molar-refractivity contribution in [3.05, 3.63) is 0 Å². The molecule has 1 rings (SSSR count). The number of nitrogens with zero attached hydrogens (tertiary/aromatic N) is 1. The molecule has 0 aromatic carbocycles. The van der Waals surface area contributed by atoms with E-state index in [0.717, 1.165) is 26.2 Å². The average molecular weight is 269 g/mol. The van der Waals surface area contributed by atoms with Gasteiger partial charge in [-0.3, -0.25) is 4.79 Å². The third kappa shape index (κ3) is 2.94. The van der Waals surface area contributed by atoms with Gasteiger partial charge in [-0.1, -0.05) is 0 Å². The van der Waals surface area contributed by atoms with Crippen molar-refractivity contribution >= 4 is 26.5 Å². The predicted molar refractivity (Wildman–Crippen MR) is 51.0 cm³/mol. The Morgan fingerprint density at radius 3 is 3.00 bits per heavy atom. The quantitative estimate of drug-likeness (QED) is 0.432. The lowest BCUT2D eigenvalue weighted by Crippen LogP contribution is -2.27. The number of ether oxygens (including phenoxy) is 1. The zero-order valence-corrected chi connectivity index (χ0v) is 8.70. The van der Waals surface area contributed by atoms with E-state index in [0.29, 0.717) is 5.92 Å². The van der Waals surface area contributed by atoms with Gasteiger partial charge < -0.3 is 9.64 Å². The Hall–Kier alpha value is 0.160. The van der Waals surface area contributed by atoms with Crippen molar-refractivity contribution in [1.82, 2.24) is 4.90 Å². The summed E-state index contributed by atoms with van der Waals surface area (Å²) in [6, 6.07) is 0. The molecule has 3 nitrogen and oxygen atoms in total. The third-order valence-corrected chi connectivity index (χ3v) is 2.68. The number of amides is 1. The predicted octanol–water partition coefficient (Wildman–Crippen LogP) is 1.51. The van der Waals surface area contributed by atoms with Crippen LogP contribution in [0.2, 0.25) is 0 Å². The molecule has 11 heavy (non-hydrogen) atoms. The lowest BCUT2D eigenvalue weighted by molar-refractivity contribution is 0.177. The molecular formula is C7H12INO2. The molecule has 0 radical (unpaired) electrons. The number of hydrogen-bond acceptors (Lipinski definition) is 2. The van der Waals surface area contributed by atoms with E-state index in [1.807, 2.05) is 7.05 Å². The molecule has 1 fully saturated rings. The molecule has 0 aromatic heterocycles. The second kappa shape index (κ2) is 4.25. The first-order chi connectivity index (χ1) is 5.20. The van der Waals surface area contributed by atoms with E-state index in [4.69, 9.17) is 4.74 Å². The van der Waals surface area contributed by atoms with Crippen LogP contribution in [0.1, 0.15) is 6.42 Å². The summed E-state index contributed by atoms with van der Waals surface area (Å²) in [5.74, 6) is 0.554. The normalized spacial score (nSPS) is 23.6. The van der Waals surface area contributed by atoms with Crippen molar-refractivity contribution in [2.24, 2.45) is 5.92 Å². The zero-order chi connectivity index (χ0) is 8.27. The highest BCUT2D eigenvalue weighted by Crippen LogP contribution is 2.14. The summed E-state index contributed by atoms with van der Waals surface area (Å²) in [5, 5.41) is 0. The topological polar surface area (TPSA) is 29.5 Å². The fourth-order valence-electron chi connectivity index (χ4n) is 1.19. The molecule has 4 heteroatoms. The Kier molecular flexibility index (Phi) is 3.58. The Morgan fingerprint density at radius 1 is 1.82 bits per heavy atom. The van der Waals surface area contributed by atoms with Crippen LogP contribution in [-0.4, -0.2) is 35.6 Å². The van der Waals surface area contributed by atoms with Gasteiger partial charge in [0.05, 0.1) is 6.61 Å². The van der Waals surface area contributed by atoms with Crippen molar-refractivity contribution in [3.63, 3.8) is 0 Å². The summed E-state index contributed by atoms with van der Waals surface area (Å²) in [6.45, 7) is 2.50. The van der Waals surface area contributed by atoms with E-state index >= 15 is 0 Å². The molecule has 0 aliphatic carbocycles. The molecule has 0 aromatic rings. The van der Waals surface area contributed by atoms with Crippen LogP contribution in [0.15, 0.2) is 0 Å². The van der Waals surface area contributed by atoms with Gasteiger partial charge in [0.25, 0.3) is 3.91 Å². The fourth-order valence-corrected chi connectivity index (χ4v) is 1.38. The highest BCUT2D eigenvalue weighted by Gasteiger charge is 2.18. The molecular weight excluding hydrogens is 257 g/mol. The first kappa shape index (κ1) is 9.25. The Labute approximate surface area is 80.2 Å². The molecule has 0 unspecified atom stereocenters. The summed E-state index contributed by atoms with van der Waals surface area (Å²) >= 11 is 1.80. The summed E-state index contributed by atoms with van der Waals surface area (Å²) in [6.07, 6.45) is 1.09. The van der Waals surface area contributed by atoms with Crippen molar-refractivity contribution in [2.45, 2.75) is 6.42 Å². The molecule has 1 heterocycles. The van der Waals surface area contributed by atoms with Gasteiger partial charge >= 0.3 is 0 Å². The van der Waals surface area contributed by atoms with Crippen LogP contribution in [0.3, 0.4) is 0 Å². The smallest absolute Gasteiger partial charge is 0.282 e. The molecule has 0 N–H and O–H groups in total. The van der Waals surface area contributed by atoms with Crippen molar-refractivity contribution in [2.75, 3.05) is 26.8 Å². The molecule has 1 aliphatic heterocycles. The SMILES string of the molecule is CN(C[C@@H]1CCOC1)C(=O)I. The molecule has 1 atom stereocenters. The monoisotopic (exact) mass is 269 g/mol. The standard InChI is InChI=1S/C7H12INO2/c1-9(7(8)10)4-6-2-3-11-5-6/h6H,2-5H2,1H3/t6-/m0/s1. The van der Waals surface area contributed by atoms with Crippen LogP contribution in [0.4, 0.5) is 4.79 Å². The Balaban J connectivity index is 2.23. The molecule has 1 saturated heterocycles. The number of carbonyl (C=O) groups is 1. The van der Waals surface area contributed by atoms with Gasteiger partial charge in [-0.15, -0.1) is 0 Å². The van der Waals surface area contributed by atoms with Crippen LogP contribution in [-0.2, 0) is 4.74 Å². The molecule has 1 aliphatic rings. The first-order valence-corrected chi connectivity index (χ1v) is 4.76. The van der Waals surface area contributed by atoms with Gasteiger partial charge in [0.1, 0.15) is 0 Å². The Bertz CT molecular complexity index is 145. The highest BCUT2D eigenvalue weighted by atomic mass is 127. The van der Waals surface area contributed by atoms with Gasteiger partial charge in [0, 0.05) is 48.7 Å². The van der Waals surface area contributed by atoms with Crippen molar-refractivity contribution in [3.8, 4) is 0 Å². The van der Waals surface area contributed by atoms with Crippen LogP contribution < -0.4 is 0 Å². The van der Waals surface area contributed by atoms with Gasteiger partial charge in [0.2, 0.25) is 0 Å². The average Bonchev–Trinajstić information content (AvgIpc) is 2.39. The zero-order valence-electron chi connectivity index (χ0n) is 6.55. The minimum Gasteiger partial charge on any atom is -0.381 e. The van der Waals surface area contributed by atoms with E-state index in [1.54, 1.807) is 27.5 Å². The maximum Gasteiger partial charge on any atom is 0.282 e. The second-order valence-corrected chi connectivity index (χ2v) is 3.79. The maximum atomic E-state index is 10.8. The number of rotatable bonds is 2. The Morgan fingerprint density at radius 2 is 2.55 bits per heavy atom. The molecule has 0 spiro atoms. The summed E-state index contributed by atoms with van der Waals surface area (Å²) in [4.78, 5) is 12.5. The molecule has 64 valence electrons. The van der Waals surface area contributed by atoms with Crippen LogP contribution in [0.5, 0.6) is 0 Å². The van der Waals surface area contributed by atoms with Crippen molar-refractivity contribution in [1.29, 1.82) is 0 Å². The van der Waals surface area contributed by atoms with Gasteiger partial charge in [-0.05, 0) is 6.42 Å². The van der Waals surface area contributed by atoms with Crippen LogP contribution in [0.25, 0.3) is 0 Å². The maximum absolute atomic E-state index is 10.8. The lowest BCUT2D eigenvalue weighted by Gasteiger charge is -2.16. The first-order valence-electron chi connectivity index (χ1n) is 3.68. The van der Waals surface area contributed by atoms with Crippen LogP contribution >= 0.6 is 22.6 Å². The number of hydrogen-bond donors (Lipinski definition) is 0. The summed E-state index contributed by atoms with van der Waals surface area (Å²) < 4.78 is 5.30. The third-order valence-electron chi connectivity index (χ3n) is 1.86. The fraction of sp³-hybridized carbons (Fsp3) is 0.857.